The van der Waals surface area contributed by atoms with Gasteiger partial charge in [-0.2, -0.15) is 0 Å². The monoisotopic (exact) mass is 421 g/mol. The number of anilines is 1. The molecule has 1 saturated carbocycles. The second-order valence-electron chi connectivity index (χ2n) is 7.35. The number of nitrogens with one attached hydrogen (secondary N) is 1. The fraction of sp³-hybridized carbons (Fsp3) is 0.474. The van der Waals surface area contributed by atoms with E-state index in [-0.39, 0.29) is 10.8 Å². The van der Waals surface area contributed by atoms with E-state index in [9.17, 15) is 13.2 Å². The first kappa shape index (κ1) is 19.4. The Balaban J connectivity index is 1.33. The SMILES string of the molecule is O=C(c1ccc(S(=O)(=O)Nc2nccs2)cc1)N1CCC(COCC2CC2)C1. The number of aromatic nitrogens is 1. The predicted molar refractivity (Wildman–Crippen MR) is 107 cm³/mol. The smallest absolute Gasteiger partial charge is 0.263 e. The van der Waals surface area contributed by atoms with Crippen LogP contribution in [-0.4, -0.2) is 50.5 Å². The van der Waals surface area contributed by atoms with Crippen molar-refractivity contribution >= 4 is 32.4 Å². The van der Waals surface area contributed by atoms with Gasteiger partial charge in [0.05, 0.1) is 11.5 Å². The van der Waals surface area contributed by atoms with Gasteiger partial charge in [-0.3, -0.25) is 9.52 Å². The molecule has 1 atom stereocenters. The van der Waals surface area contributed by atoms with E-state index in [1.807, 2.05) is 4.90 Å². The van der Waals surface area contributed by atoms with E-state index in [1.165, 1.54) is 42.5 Å². The zero-order valence-corrected chi connectivity index (χ0v) is 17.0. The van der Waals surface area contributed by atoms with Crippen LogP contribution in [0, 0.1) is 11.8 Å². The minimum atomic E-state index is -3.71. The quantitative estimate of drug-likeness (QED) is 0.708. The average molecular weight is 422 g/mol. The molecule has 0 bridgehead atoms. The van der Waals surface area contributed by atoms with Crippen LogP contribution in [-0.2, 0) is 14.8 Å². The third-order valence-electron chi connectivity index (χ3n) is 5.04. The molecule has 0 spiro atoms. The molecule has 2 fully saturated rings. The van der Waals surface area contributed by atoms with Crippen molar-refractivity contribution in [1.82, 2.24) is 9.88 Å². The Morgan fingerprint density at radius 3 is 2.61 bits per heavy atom. The lowest BCUT2D eigenvalue weighted by atomic mass is 10.1. The fourth-order valence-corrected chi connectivity index (χ4v) is 5.03. The molecule has 1 N–H and O–H groups in total. The number of nitrogens with zero attached hydrogens (tertiary/aromatic N) is 2. The summed E-state index contributed by atoms with van der Waals surface area (Å²) in [6, 6.07) is 6.04. The summed E-state index contributed by atoms with van der Waals surface area (Å²) in [7, 11) is -3.71. The van der Waals surface area contributed by atoms with Crippen LogP contribution in [0.5, 0.6) is 0 Å². The van der Waals surface area contributed by atoms with E-state index >= 15 is 0 Å². The number of sulfonamides is 1. The highest BCUT2D eigenvalue weighted by atomic mass is 32.2. The molecule has 1 aliphatic heterocycles. The molecule has 150 valence electrons. The van der Waals surface area contributed by atoms with Crippen LogP contribution >= 0.6 is 11.3 Å². The van der Waals surface area contributed by atoms with Crippen molar-refractivity contribution < 1.29 is 17.9 Å². The van der Waals surface area contributed by atoms with E-state index in [1.54, 1.807) is 17.5 Å². The van der Waals surface area contributed by atoms with Crippen LogP contribution in [0.25, 0.3) is 0 Å². The van der Waals surface area contributed by atoms with Crippen molar-refractivity contribution in [3.05, 3.63) is 41.4 Å². The molecular formula is C19H23N3O4S2. The number of likely N-dealkylation sites (tertiary alicyclic amines) is 1. The number of benzene rings is 1. The molecule has 1 aromatic heterocycles. The minimum absolute atomic E-state index is 0.0680. The lowest BCUT2D eigenvalue weighted by Crippen LogP contribution is -2.29. The van der Waals surface area contributed by atoms with Crippen LogP contribution < -0.4 is 4.72 Å². The summed E-state index contributed by atoms with van der Waals surface area (Å²) in [6.45, 7) is 2.95. The average Bonchev–Trinajstić information content (AvgIpc) is 3.15. The van der Waals surface area contributed by atoms with Gasteiger partial charge in [0.1, 0.15) is 0 Å². The number of carbonyl (C=O) groups is 1. The van der Waals surface area contributed by atoms with Gasteiger partial charge in [0.15, 0.2) is 5.13 Å². The van der Waals surface area contributed by atoms with Crippen LogP contribution in [0.4, 0.5) is 5.13 Å². The highest BCUT2D eigenvalue weighted by Gasteiger charge is 2.28. The highest BCUT2D eigenvalue weighted by molar-refractivity contribution is 7.93. The van der Waals surface area contributed by atoms with Gasteiger partial charge < -0.3 is 9.64 Å². The molecule has 1 saturated heterocycles. The molecule has 1 amide bonds. The first-order valence-electron chi connectivity index (χ1n) is 9.40. The maximum atomic E-state index is 12.7. The molecule has 9 heteroatoms. The van der Waals surface area contributed by atoms with Gasteiger partial charge in [-0.1, -0.05) is 0 Å². The molecule has 28 heavy (non-hydrogen) atoms. The molecule has 2 aromatic rings. The number of hydrogen-bond acceptors (Lipinski definition) is 6. The molecule has 0 radical (unpaired) electrons. The van der Waals surface area contributed by atoms with Crippen molar-refractivity contribution in [2.75, 3.05) is 31.0 Å². The van der Waals surface area contributed by atoms with E-state index in [0.29, 0.717) is 36.3 Å². The van der Waals surface area contributed by atoms with Gasteiger partial charge in [0.25, 0.3) is 15.9 Å². The second kappa shape index (κ2) is 8.18. The molecule has 1 unspecified atom stereocenters. The zero-order chi connectivity index (χ0) is 19.6. The Labute approximate surface area is 168 Å². The van der Waals surface area contributed by atoms with Gasteiger partial charge in [-0.15, -0.1) is 11.3 Å². The van der Waals surface area contributed by atoms with E-state index in [0.717, 1.165) is 18.9 Å². The number of hydrogen-bond donors (Lipinski definition) is 1. The van der Waals surface area contributed by atoms with Crippen molar-refractivity contribution in [1.29, 1.82) is 0 Å². The summed E-state index contributed by atoms with van der Waals surface area (Å²) in [5.74, 6) is 1.06. The Hall–Kier alpha value is -1.97. The molecule has 1 aromatic carbocycles. The van der Waals surface area contributed by atoms with Gasteiger partial charge in [-0.05, 0) is 49.4 Å². The van der Waals surface area contributed by atoms with Crippen LogP contribution in [0.3, 0.4) is 0 Å². The van der Waals surface area contributed by atoms with E-state index in [4.69, 9.17) is 4.74 Å². The topological polar surface area (TPSA) is 88.6 Å². The van der Waals surface area contributed by atoms with Crippen LogP contribution in [0.1, 0.15) is 29.6 Å². The van der Waals surface area contributed by atoms with Crippen LogP contribution in [0.15, 0.2) is 40.7 Å². The summed E-state index contributed by atoms with van der Waals surface area (Å²) >= 11 is 1.21. The molecule has 4 rings (SSSR count). The van der Waals surface area contributed by atoms with Crippen molar-refractivity contribution in [2.24, 2.45) is 11.8 Å². The predicted octanol–water partition coefficient (Wildman–Crippen LogP) is 2.83. The molecule has 2 aliphatic rings. The van der Waals surface area contributed by atoms with Gasteiger partial charge >= 0.3 is 0 Å². The lowest BCUT2D eigenvalue weighted by molar-refractivity contribution is 0.0742. The maximum Gasteiger partial charge on any atom is 0.263 e. The molecule has 2 heterocycles. The Bertz CT molecular complexity index is 909. The third-order valence-corrected chi connectivity index (χ3v) is 7.22. The first-order valence-corrected chi connectivity index (χ1v) is 11.8. The second-order valence-corrected chi connectivity index (χ2v) is 9.93. The largest absolute Gasteiger partial charge is 0.381 e. The minimum Gasteiger partial charge on any atom is -0.381 e. The van der Waals surface area contributed by atoms with Crippen molar-refractivity contribution in [2.45, 2.75) is 24.2 Å². The number of thiazole rings is 1. The van der Waals surface area contributed by atoms with Crippen molar-refractivity contribution in [3.63, 3.8) is 0 Å². The molecule has 1 aliphatic carbocycles. The standard InChI is InChI=1S/C19H23N3O4S2/c23-18(22-9-7-15(11-22)13-26-12-14-1-2-14)16-3-5-17(6-4-16)28(24,25)21-19-20-8-10-27-19/h3-6,8,10,14-15H,1-2,7,9,11-13H2,(H,20,21). The first-order chi connectivity index (χ1) is 13.5. The van der Waals surface area contributed by atoms with E-state index < -0.39 is 10.0 Å². The number of carbonyl (C=O) groups excluding carboxylic acids is 1. The number of amides is 1. The van der Waals surface area contributed by atoms with Gasteiger partial charge in [0.2, 0.25) is 0 Å². The summed E-state index contributed by atoms with van der Waals surface area (Å²) in [6.07, 6.45) is 5.03. The zero-order valence-electron chi connectivity index (χ0n) is 15.4. The molecular weight excluding hydrogens is 398 g/mol. The van der Waals surface area contributed by atoms with Gasteiger partial charge in [-0.25, -0.2) is 13.4 Å². The molecule has 7 nitrogen and oxygen atoms in total. The Kier molecular flexibility index (Phi) is 5.65. The summed E-state index contributed by atoms with van der Waals surface area (Å²) < 4.78 is 32.9. The Morgan fingerprint density at radius 2 is 1.93 bits per heavy atom. The Morgan fingerprint density at radius 1 is 1.18 bits per heavy atom. The summed E-state index contributed by atoms with van der Waals surface area (Å²) in [5.41, 5.74) is 0.493. The van der Waals surface area contributed by atoms with Crippen LogP contribution in [0.2, 0.25) is 0 Å². The lowest BCUT2D eigenvalue weighted by Gasteiger charge is -2.17. The van der Waals surface area contributed by atoms with Crippen molar-refractivity contribution in [3.8, 4) is 0 Å². The van der Waals surface area contributed by atoms with E-state index in [2.05, 4.69) is 9.71 Å². The summed E-state index contributed by atoms with van der Waals surface area (Å²) in [4.78, 5) is 18.6. The number of rotatable bonds is 8. The number of ether oxygens (including phenoxy) is 1. The normalized spacial score (nSPS) is 19.7. The third kappa shape index (κ3) is 4.71. The maximum absolute atomic E-state index is 12.7. The van der Waals surface area contributed by atoms with Gasteiger partial charge in [0, 0.05) is 42.8 Å². The summed E-state index contributed by atoms with van der Waals surface area (Å²) in [5, 5.41) is 2.01. The fourth-order valence-electron chi connectivity index (χ4n) is 3.25. The highest BCUT2D eigenvalue weighted by Crippen LogP contribution is 2.29.